The van der Waals surface area contributed by atoms with Gasteiger partial charge in [0.1, 0.15) is 5.75 Å². The van der Waals surface area contributed by atoms with Crippen LogP contribution in [-0.2, 0) is 11.2 Å². The van der Waals surface area contributed by atoms with Crippen LogP contribution in [0.5, 0.6) is 5.75 Å². The first-order valence-corrected chi connectivity index (χ1v) is 9.50. The monoisotopic (exact) mass is 360 g/mol. The van der Waals surface area contributed by atoms with Gasteiger partial charge >= 0.3 is 0 Å². The van der Waals surface area contributed by atoms with E-state index in [4.69, 9.17) is 4.74 Å². The molecule has 1 aromatic carbocycles. The van der Waals surface area contributed by atoms with Gasteiger partial charge in [-0.25, -0.2) is 0 Å². The number of hydrogen-bond donors (Lipinski definition) is 2. The number of benzene rings is 1. The van der Waals surface area contributed by atoms with Crippen molar-refractivity contribution in [3.63, 3.8) is 0 Å². The highest BCUT2D eigenvalue weighted by molar-refractivity contribution is 5.81. The molecule has 1 aliphatic heterocycles. The van der Waals surface area contributed by atoms with Crippen LogP contribution < -0.4 is 15.4 Å². The number of carbonyl (C=O) groups excluding carboxylic acids is 1. The zero-order valence-corrected chi connectivity index (χ0v) is 16.4. The van der Waals surface area contributed by atoms with Gasteiger partial charge in [-0.2, -0.15) is 0 Å². The maximum Gasteiger partial charge on any atom is 0.225 e. The Balaban J connectivity index is 1.87. The number of hydrogen-bond acceptors (Lipinski definition) is 3. The van der Waals surface area contributed by atoms with E-state index in [9.17, 15) is 4.79 Å². The maximum atomic E-state index is 12.1. The number of amides is 1. The van der Waals surface area contributed by atoms with E-state index in [0.29, 0.717) is 6.54 Å². The Morgan fingerprint density at radius 1 is 1.42 bits per heavy atom. The van der Waals surface area contributed by atoms with Crippen LogP contribution in [0.2, 0.25) is 0 Å². The molecule has 1 saturated heterocycles. The number of methoxy groups -OCH3 is 1. The van der Waals surface area contributed by atoms with E-state index < -0.39 is 0 Å². The van der Waals surface area contributed by atoms with Crippen LogP contribution in [0.4, 0.5) is 0 Å². The Morgan fingerprint density at radius 3 is 2.92 bits per heavy atom. The Labute approximate surface area is 157 Å². The molecule has 1 aromatic rings. The molecule has 0 bridgehead atoms. The SMILES string of the molecule is CCNC(=NCCc1cccc(OC)c1)NC1CCN(C(=O)C(C)C)C1. The van der Waals surface area contributed by atoms with Crippen molar-refractivity contribution in [1.82, 2.24) is 15.5 Å². The third-order valence-corrected chi connectivity index (χ3v) is 4.48. The summed E-state index contributed by atoms with van der Waals surface area (Å²) in [5, 5.41) is 6.77. The molecular formula is C20H32N4O2. The van der Waals surface area contributed by atoms with Gasteiger partial charge in [-0.3, -0.25) is 9.79 Å². The molecule has 1 amide bonds. The van der Waals surface area contributed by atoms with E-state index in [1.165, 1.54) is 5.56 Å². The second kappa shape index (κ2) is 10.0. The number of rotatable bonds is 7. The summed E-state index contributed by atoms with van der Waals surface area (Å²) < 4.78 is 5.26. The molecule has 0 aromatic heterocycles. The average molecular weight is 361 g/mol. The van der Waals surface area contributed by atoms with Gasteiger partial charge < -0.3 is 20.3 Å². The van der Waals surface area contributed by atoms with Gasteiger partial charge in [0.05, 0.1) is 7.11 Å². The predicted octanol–water partition coefficient (Wildman–Crippen LogP) is 2.05. The van der Waals surface area contributed by atoms with Crippen molar-refractivity contribution in [2.75, 3.05) is 33.3 Å². The molecule has 0 spiro atoms. The first-order chi connectivity index (χ1) is 12.5. The van der Waals surface area contributed by atoms with Crippen molar-refractivity contribution in [2.24, 2.45) is 10.9 Å². The number of nitrogens with zero attached hydrogens (tertiary/aromatic N) is 2. The van der Waals surface area contributed by atoms with E-state index in [-0.39, 0.29) is 17.9 Å². The minimum Gasteiger partial charge on any atom is -0.497 e. The predicted molar refractivity (Wildman–Crippen MR) is 106 cm³/mol. The van der Waals surface area contributed by atoms with Gasteiger partial charge in [0.25, 0.3) is 0 Å². The summed E-state index contributed by atoms with van der Waals surface area (Å²) in [7, 11) is 1.68. The smallest absolute Gasteiger partial charge is 0.225 e. The van der Waals surface area contributed by atoms with E-state index in [1.807, 2.05) is 36.9 Å². The lowest BCUT2D eigenvalue weighted by atomic mass is 10.1. The highest BCUT2D eigenvalue weighted by Crippen LogP contribution is 2.14. The minimum atomic E-state index is 0.0542. The van der Waals surface area contributed by atoms with Crippen molar-refractivity contribution in [3.05, 3.63) is 29.8 Å². The topological polar surface area (TPSA) is 66.0 Å². The van der Waals surface area contributed by atoms with Gasteiger partial charge in [-0.15, -0.1) is 0 Å². The number of carbonyl (C=O) groups is 1. The molecule has 1 aliphatic rings. The summed E-state index contributed by atoms with van der Waals surface area (Å²) in [5.74, 6) is 1.98. The van der Waals surface area contributed by atoms with E-state index in [2.05, 4.69) is 28.6 Å². The normalized spacial score (nSPS) is 17.5. The Hall–Kier alpha value is -2.24. The number of aliphatic imine (C=N–C) groups is 1. The zero-order chi connectivity index (χ0) is 18.9. The lowest BCUT2D eigenvalue weighted by molar-refractivity contribution is -0.133. The van der Waals surface area contributed by atoms with Crippen molar-refractivity contribution < 1.29 is 9.53 Å². The van der Waals surface area contributed by atoms with Crippen LogP contribution in [0.3, 0.4) is 0 Å². The molecule has 0 aliphatic carbocycles. The molecular weight excluding hydrogens is 328 g/mol. The van der Waals surface area contributed by atoms with Gasteiger partial charge in [-0.1, -0.05) is 26.0 Å². The van der Waals surface area contributed by atoms with E-state index in [1.54, 1.807) is 7.11 Å². The average Bonchev–Trinajstić information content (AvgIpc) is 3.09. The van der Waals surface area contributed by atoms with Crippen LogP contribution in [0.15, 0.2) is 29.3 Å². The highest BCUT2D eigenvalue weighted by Gasteiger charge is 2.27. The van der Waals surface area contributed by atoms with Gasteiger partial charge in [-0.05, 0) is 37.5 Å². The number of guanidine groups is 1. The fourth-order valence-corrected chi connectivity index (χ4v) is 3.08. The van der Waals surface area contributed by atoms with Crippen LogP contribution in [0, 0.1) is 5.92 Å². The fraction of sp³-hybridized carbons (Fsp3) is 0.600. The third-order valence-electron chi connectivity index (χ3n) is 4.48. The quantitative estimate of drug-likeness (QED) is 0.577. The molecule has 1 fully saturated rings. The van der Waals surface area contributed by atoms with Crippen molar-refractivity contribution in [2.45, 2.75) is 39.7 Å². The molecule has 2 rings (SSSR count). The first kappa shape index (κ1) is 20.1. The molecule has 26 heavy (non-hydrogen) atoms. The number of likely N-dealkylation sites (tertiary alicyclic amines) is 1. The summed E-state index contributed by atoms with van der Waals surface area (Å²) >= 11 is 0. The second-order valence-electron chi connectivity index (χ2n) is 6.93. The summed E-state index contributed by atoms with van der Waals surface area (Å²) in [5.41, 5.74) is 1.21. The molecule has 0 saturated carbocycles. The molecule has 2 N–H and O–H groups in total. The molecule has 6 nitrogen and oxygen atoms in total. The van der Waals surface area contributed by atoms with Crippen molar-refractivity contribution in [3.8, 4) is 5.75 Å². The first-order valence-electron chi connectivity index (χ1n) is 9.50. The molecule has 6 heteroatoms. The van der Waals surface area contributed by atoms with Crippen molar-refractivity contribution >= 4 is 11.9 Å². The molecule has 0 radical (unpaired) electrons. The van der Waals surface area contributed by atoms with Crippen LogP contribution in [0.25, 0.3) is 0 Å². The number of ether oxygens (including phenoxy) is 1. The van der Waals surface area contributed by atoms with E-state index in [0.717, 1.165) is 44.2 Å². The lowest BCUT2D eigenvalue weighted by Crippen LogP contribution is -2.45. The largest absolute Gasteiger partial charge is 0.497 e. The van der Waals surface area contributed by atoms with Crippen LogP contribution >= 0.6 is 0 Å². The van der Waals surface area contributed by atoms with Crippen LogP contribution in [0.1, 0.15) is 32.8 Å². The number of nitrogens with one attached hydrogen (secondary N) is 2. The summed E-state index contributed by atoms with van der Waals surface area (Å²) in [6.07, 6.45) is 1.81. The molecule has 1 heterocycles. The lowest BCUT2D eigenvalue weighted by Gasteiger charge is -2.20. The van der Waals surface area contributed by atoms with E-state index >= 15 is 0 Å². The second-order valence-corrected chi connectivity index (χ2v) is 6.93. The Kier molecular flexibility index (Phi) is 7.75. The molecule has 1 unspecified atom stereocenters. The van der Waals surface area contributed by atoms with Gasteiger partial charge in [0.2, 0.25) is 5.91 Å². The Morgan fingerprint density at radius 2 is 2.23 bits per heavy atom. The maximum absolute atomic E-state index is 12.1. The standard InChI is InChI=1S/C20H32N4O2/c1-5-21-20(22-11-9-16-7-6-8-18(13-16)26-4)23-17-10-12-24(14-17)19(25)15(2)3/h6-8,13,15,17H,5,9-12,14H2,1-4H3,(H2,21,22,23). The minimum absolute atomic E-state index is 0.0542. The van der Waals surface area contributed by atoms with Gasteiger partial charge in [0.15, 0.2) is 5.96 Å². The zero-order valence-electron chi connectivity index (χ0n) is 16.4. The molecule has 144 valence electrons. The Bertz CT molecular complexity index is 616. The summed E-state index contributed by atoms with van der Waals surface area (Å²) in [6, 6.07) is 8.34. The third kappa shape index (κ3) is 5.93. The fourth-order valence-electron chi connectivity index (χ4n) is 3.08. The van der Waals surface area contributed by atoms with Crippen molar-refractivity contribution in [1.29, 1.82) is 0 Å². The summed E-state index contributed by atoms with van der Waals surface area (Å²) in [6.45, 7) is 9.04. The summed E-state index contributed by atoms with van der Waals surface area (Å²) in [4.78, 5) is 18.8. The molecule has 1 atom stereocenters. The highest BCUT2D eigenvalue weighted by atomic mass is 16.5. The van der Waals surface area contributed by atoms with Gasteiger partial charge in [0, 0.05) is 38.1 Å². The van der Waals surface area contributed by atoms with Crippen LogP contribution in [-0.4, -0.2) is 56.1 Å².